The number of rotatable bonds is 9. The van der Waals surface area contributed by atoms with Crippen LogP contribution in [0.3, 0.4) is 0 Å². The van der Waals surface area contributed by atoms with E-state index in [0.717, 1.165) is 29.3 Å². The number of carbonyl (C=O) groups excluding carboxylic acids is 2. The number of halogens is 4. The summed E-state index contributed by atoms with van der Waals surface area (Å²) < 4.78 is 48.4. The fourth-order valence-corrected chi connectivity index (χ4v) is 5.63. The maximum Gasteiger partial charge on any atom is 0.435 e. The van der Waals surface area contributed by atoms with E-state index in [1.54, 1.807) is 30.3 Å². The van der Waals surface area contributed by atoms with Crippen LogP contribution >= 0.6 is 15.9 Å². The molecule has 4 aromatic rings. The van der Waals surface area contributed by atoms with Crippen LogP contribution in [0.2, 0.25) is 0 Å². The zero-order valence-electron chi connectivity index (χ0n) is 22.0. The smallest absolute Gasteiger partial charge is 0.435 e. The number of alkyl halides is 3. The van der Waals surface area contributed by atoms with Crippen LogP contribution in [0.4, 0.5) is 13.2 Å². The Labute approximate surface area is 243 Å². The summed E-state index contributed by atoms with van der Waals surface area (Å²) in [7, 11) is 0. The molecule has 0 radical (unpaired) electrons. The quantitative estimate of drug-likeness (QED) is 0.196. The summed E-state index contributed by atoms with van der Waals surface area (Å²) in [6.45, 7) is 0.0837. The lowest BCUT2D eigenvalue weighted by atomic mass is 9.79. The van der Waals surface area contributed by atoms with Gasteiger partial charge in [-0.15, -0.1) is 0 Å². The molecule has 1 saturated carbocycles. The van der Waals surface area contributed by atoms with Crippen LogP contribution in [0, 0.1) is 5.92 Å². The molecule has 7 nitrogen and oxygen atoms in total. The fourth-order valence-electron chi connectivity index (χ4n) is 5.15. The van der Waals surface area contributed by atoms with Crippen LogP contribution in [0.1, 0.15) is 66.4 Å². The number of amides is 1. The normalized spacial score (nSPS) is 17.4. The molecule has 1 N–H and O–H groups in total. The summed E-state index contributed by atoms with van der Waals surface area (Å²) >= 11 is 3.49. The van der Waals surface area contributed by atoms with E-state index in [2.05, 4.69) is 31.3 Å². The van der Waals surface area contributed by atoms with Gasteiger partial charge in [0.2, 0.25) is 0 Å². The number of aromatic nitrogens is 3. The highest BCUT2D eigenvalue weighted by atomic mass is 79.9. The van der Waals surface area contributed by atoms with E-state index in [4.69, 9.17) is 4.42 Å². The monoisotopic (exact) mass is 628 g/mol. The van der Waals surface area contributed by atoms with E-state index in [0.29, 0.717) is 41.2 Å². The van der Waals surface area contributed by atoms with Gasteiger partial charge in [0.05, 0.1) is 11.3 Å². The predicted octanol–water partition coefficient (Wildman–Crippen LogP) is 7.36. The molecule has 214 valence electrons. The standard InChI is InChI=1S/C30H28BrF3N4O3/c31-27-25(20-8-3-1-4-9-20)41-29(36-27)21-15-13-19(14-16-21)24(39)12-7-17-35-28(40)23-18-38(22-10-5-2-6-11-22)37-26(23)30(32,33)34/h1-6,8-11,18-19,21H,7,12-17H2,(H,35,40). The summed E-state index contributed by atoms with van der Waals surface area (Å²) in [6, 6.07) is 18.0. The largest absolute Gasteiger partial charge is 0.439 e. The van der Waals surface area contributed by atoms with E-state index in [9.17, 15) is 22.8 Å². The molecule has 0 atom stereocenters. The zero-order valence-corrected chi connectivity index (χ0v) is 23.6. The lowest BCUT2D eigenvalue weighted by Crippen LogP contribution is -2.27. The van der Waals surface area contributed by atoms with Gasteiger partial charge in [-0.05, 0) is 60.2 Å². The van der Waals surface area contributed by atoms with E-state index >= 15 is 0 Å². The Kier molecular flexibility index (Phi) is 8.72. The number of nitrogens with one attached hydrogen (secondary N) is 1. The Hall–Kier alpha value is -3.73. The van der Waals surface area contributed by atoms with Crippen LogP contribution in [-0.4, -0.2) is 33.0 Å². The molecule has 2 aromatic heterocycles. The lowest BCUT2D eigenvalue weighted by Gasteiger charge is -2.25. The van der Waals surface area contributed by atoms with Crippen molar-refractivity contribution in [3.63, 3.8) is 0 Å². The summed E-state index contributed by atoms with van der Waals surface area (Å²) in [5, 5.41) is 6.12. The number of Topliss-reactive ketones (excluding diaryl/α,β-unsaturated/α-hetero) is 1. The lowest BCUT2D eigenvalue weighted by molar-refractivity contribution is -0.141. The third-order valence-corrected chi connectivity index (χ3v) is 7.84. The highest BCUT2D eigenvalue weighted by Gasteiger charge is 2.39. The minimum absolute atomic E-state index is 0.0837. The molecule has 1 aliphatic carbocycles. The molecule has 1 aliphatic rings. The van der Waals surface area contributed by atoms with Crippen molar-refractivity contribution >= 4 is 27.6 Å². The summed E-state index contributed by atoms with van der Waals surface area (Å²) in [4.78, 5) is 30.0. The first-order valence-electron chi connectivity index (χ1n) is 13.5. The van der Waals surface area contributed by atoms with Gasteiger partial charge in [0.15, 0.2) is 21.9 Å². The van der Waals surface area contributed by atoms with Gasteiger partial charge in [-0.25, -0.2) is 9.67 Å². The molecule has 0 spiro atoms. The van der Waals surface area contributed by atoms with E-state index in [-0.39, 0.29) is 30.6 Å². The van der Waals surface area contributed by atoms with E-state index in [1.165, 1.54) is 0 Å². The Morgan fingerprint density at radius 2 is 1.66 bits per heavy atom. The average Bonchev–Trinajstić information content (AvgIpc) is 3.61. The Balaban J connectivity index is 1.10. The SMILES string of the molecule is O=C(NCCCC(=O)C1CCC(c2nc(Br)c(-c3ccccc3)o2)CC1)c1cn(-c2ccccc2)nc1C(F)(F)F. The molecule has 1 fully saturated rings. The van der Waals surface area contributed by atoms with Crippen LogP contribution in [0.25, 0.3) is 17.0 Å². The number of hydrogen-bond donors (Lipinski definition) is 1. The zero-order chi connectivity index (χ0) is 29.0. The van der Waals surface area contributed by atoms with Crippen molar-refractivity contribution in [2.75, 3.05) is 6.54 Å². The van der Waals surface area contributed by atoms with Gasteiger partial charge < -0.3 is 9.73 Å². The number of benzene rings is 2. The second-order valence-electron chi connectivity index (χ2n) is 10.1. The number of nitrogens with zero attached hydrogens (tertiary/aromatic N) is 3. The second kappa shape index (κ2) is 12.4. The van der Waals surface area contributed by atoms with Crippen LogP contribution < -0.4 is 5.32 Å². The van der Waals surface area contributed by atoms with Crippen molar-refractivity contribution < 1.29 is 27.2 Å². The molecule has 0 unspecified atom stereocenters. The highest BCUT2D eigenvalue weighted by molar-refractivity contribution is 9.10. The average molecular weight is 629 g/mol. The molecular formula is C30H28BrF3N4O3. The van der Waals surface area contributed by atoms with Gasteiger partial charge >= 0.3 is 6.18 Å². The molecule has 0 bridgehead atoms. The van der Waals surface area contributed by atoms with Crippen molar-refractivity contribution in [2.24, 2.45) is 5.92 Å². The summed E-state index contributed by atoms with van der Waals surface area (Å²) in [5.74, 6) is 0.624. The topological polar surface area (TPSA) is 90.0 Å². The third kappa shape index (κ3) is 6.78. The van der Waals surface area contributed by atoms with Gasteiger partial charge in [-0.3, -0.25) is 9.59 Å². The highest BCUT2D eigenvalue weighted by Crippen LogP contribution is 2.39. The first-order valence-corrected chi connectivity index (χ1v) is 14.2. The number of oxazole rings is 1. The van der Waals surface area contributed by atoms with Crippen LogP contribution in [-0.2, 0) is 11.0 Å². The van der Waals surface area contributed by atoms with Gasteiger partial charge in [0.25, 0.3) is 5.91 Å². The molecule has 0 aliphatic heterocycles. The number of carbonyl (C=O) groups is 2. The van der Waals surface area contributed by atoms with Gasteiger partial charge in [-0.2, -0.15) is 18.3 Å². The minimum atomic E-state index is -4.79. The molecule has 0 saturated heterocycles. The first kappa shape index (κ1) is 28.8. The van der Waals surface area contributed by atoms with Crippen molar-refractivity contribution in [1.29, 1.82) is 0 Å². The Bertz CT molecular complexity index is 1490. The van der Waals surface area contributed by atoms with E-state index in [1.807, 2.05) is 30.3 Å². The predicted molar refractivity (Wildman–Crippen MR) is 149 cm³/mol. The van der Waals surface area contributed by atoms with Crippen molar-refractivity contribution in [2.45, 2.75) is 50.6 Å². The molecule has 41 heavy (non-hydrogen) atoms. The maximum atomic E-state index is 13.6. The second-order valence-corrected chi connectivity index (χ2v) is 10.8. The van der Waals surface area contributed by atoms with Gasteiger partial charge in [0, 0.05) is 36.6 Å². The number of hydrogen-bond acceptors (Lipinski definition) is 5. The van der Waals surface area contributed by atoms with E-state index < -0.39 is 23.3 Å². The summed E-state index contributed by atoms with van der Waals surface area (Å²) in [5.41, 5.74) is -0.460. The van der Waals surface area contributed by atoms with Crippen molar-refractivity contribution in [3.05, 3.63) is 88.6 Å². The minimum Gasteiger partial charge on any atom is -0.439 e. The third-order valence-electron chi connectivity index (χ3n) is 7.30. The molecular weight excluding hydrogens is 601 g/mol. The van der Waals surface area contributed by atoms with Gasteiger partial charge in [-0.1, -0.05) is 48.5 Å². The van der Waals surface area contributed by atoms with Crippen molar-refractivity contribution in [1.82, 2.24) is 20.1 Å². The van der Waals surface area contributed by atoms with Crippen LogP contribution in [0.5, 0.6) is 0 Å². The molecule has 11 heteroatoms. The van der Waals surface area contributed by atoms with Crippen LogP contribution in [0.15, 0.2) is 75.9 Å². The summed E-state index contributed by atoms with van der Waals surface area (Å²) in [6.07, 6.45) is -0.147. The maximum absolute atomic E-state index is 13.6. The Morgan fingerprint density at radius 1 is 1.00 bits per heavy atom. The fraction of sp³-hybridized carbons (Fsp3) is 0.333. The first-order chi connectivity index (χ1) is 19.7. The molecule has 2 aromatic carbocycles. The van der Waals surface area contributed by atoms with Gasteiger partial charge in [0.1, 0.15) is 5.78 Å². The Morgan fingerprint density at radius 3 is 2.32 bits per heavy atom. The molecule has 5 rings (SSSR count). The number of para-hydroxylation sites is 1. The molecule has 2 heterocycles. The number of ketones is 1. The molecule has 1 amide bonds. The van der Waals surface area contributed by atoms with Crippen molar-refractivity contribution in [3.8, 4) is 17.0 Å².